The Hall–Kier alpha value is -2.11. The van der Waals surface area contributed by atoms with Gasteiger partial charge >= 0.3 is 6.09 Å². The predicted octanol–water partition coefficient (Wildman–Crippen LogP) is 1.95. The van der Waals surface area contributed by atoms with Crippen LogP contribution >= 0.6 is 0 Å². The molecule has 0 unspecified atom stereocenters. The van der Waals surface area contributed by atoms with E-state index in [2.05, 4.69) is 10.3 Å². The molecule has 2 amide bonds. The zero-order valence-electron chi connectivity index (χ0n) is 13.0. The van der Waals surface area contributed by atoms with Gasteiger partial charge in [-0.1, -0.05) is 0 Å². The molecule has 0 aromatic carbocycles. The van der Waals surface area contributed by atoms with Crippen molar-refractivity contribution in [2.24, 2.45) is 0 Å². The molecular weight excluding hydrogens is 270 g/mol. The molecule has 0 aliphatic rings. The maximum absolute atomic E-state index is 11.6. The first-order chi connectivity index (χ1) is 9.78. The molecule has 0 bridgehead atoms. The van der Waals surface area contributed by atoms with Gasteiger partial charge in [0.2, 0.25) is 5.91 Å². The third-order valence-electron chi connectivity index (χ3n) is 2.62. The largest absolute Gasteiger partial charge is 0.444 e. The van der Waals surface area contributed by atoms with Crippen molar-refractivity contribution in [3.05, 3.63) is 30.1 Å². The lowest BCUT2D eigenvalue weighted by Gasteiger charge is -2.23. The van der Waals surface area contributed by atoms with Gasteiger partial charge in [-0.2, -0.15) is 0 Å². The van der Waals surface area contributed by atoms with E-state index in [1.807, 2.05) is 12.1 Å². The minimum atomic E-state index is -0.526. The fourth-order valence-electron chi connectivity index (χ4n) is 1.66. The van der Waals surface area contributed by atoms with E-state index in [0.717, 1.165) is 5.56 Å². The van der Waals surface area contributed by atoms with Crippen molar-refractivity contribution in [1.29, 1.82) is 0 Å². The van der Waals surface area contributed by atoms with E-state index in [9.17, 15) is 9.59 Å². The van der Waals surface area contributed by atoms with Crippen molar-refractivity contribution in [1.82, 2.24) is 15.2 Å². The summed E-state index contributed by atoms with van der Waals surface area (Å²) in [6.07, 6.45) is 2.90. The van der Waals surface area contributed by atoms with Crippen molar-refractivity contribution in [3.8, 4) is 0 Å². The van der Waals surface area contributed by atoms with E-state index in [4.69, 9.17) is 4.74 Å². The summed E-state index contributed by atoms with van der Waals surface area (Å²) in [6.45, 7) is 8.19. The standard InChI is InChI=1S/C15H23N3O3/c1-12(19)18(11-13-5-7-16-8-6-13)10-9-17-14(20)21-15(2,3)4/h5-8H,9-11H2,1-4H3,(H,17,20). The molecule has 116 valence electrons. The van der Waals surface area contributed by atoms with Gasteiger partial charge in [0.15, 0.2) is 0 Å². The van der Waals surface area contributed by atoms with Gasteiger partial charge in [0.1, 0.15) is 5.60 Å². The highest BCUT2D eigenvalue weighted by Crippen LogP contribution is 2.06. The van der Waals surface area contributed by atoms with Gasteiger partial charge in [-0.15, -0.1) is 0 Å². The quantitative estimate of drug-likeness (QED) is 0.900. The molecule has 0 atom stereocenters. The fraction of sp³-hybridized carbons (Fsp3) is 0.533. The normalized spacial score (nSPS) is 10.9. The summed E-state index contributed by atoms with van der Waals surface area (Å²) in [4.78, 5) is 28.7. The van der Waals surface area contributed by atoms with Crippen LogP contribution in [-0.2, 0) is 16.1 Å². The number of alkyl carbamates (subject to hydrolysis) is 1. The molecule has 1 aromatic rings. The van der Waals surface area contributed by atoms with Crippen LogP contribution in [0.3, 0.4) is 0 Å². The van der Waals surface area contributed by atoms with Gasteiger partial charge in [0.05, 0.1) is 0 Å². The molecule has 1 rings (SSSR count). The van der Waals surface area contributed by atoms with Gasteiger partial charge in [-0.25, -0.2) is 4.79 Å². The number of nitrogens with zero attached hydrogens (tertiary/aromatic N) is 2. The molecule has 6 heteroatoms. The predicted molar refractivity (Wildman–Crippen MR) is 79.6 cm³/mol. The zero-order chi connectivity index (χ0) is 15.9. The van der Waals surface area contributed by atoms with Gasteiger partial charge < -0.3 is 15.0 Å². The Bertz CT molecular complexity index is 469. The summed E-state index contributed by atoms with van der Waals surface area (Å²) in [5.74, 6) is -0.0437. The van der Waals surface area contributed by atoms with Crippen molar-refractivity contribution >= 4 is 12.0 Å². The molecule has 0 saturated heterocycles. The Balaban J connectivity index is 2.42. The minimum absolute atomic E-state index is 0.0437. The topological polar surface area (TPSA) is 71.5 Å². The molecule has 21 heavy (non-hydrogen) atoms. The second-order valence-corrected chi connectivity index (χ2v) is 5.72. The number of nitrogens with one attached hydrogen (secondary N) is 1. The van der Waals surface area contributed by atoms with Crippen LogP contribution in [0.4, 0.5) is 4.79 Å². The third kappa shape index (κ3) is 7.29. The fourth-order valence-corrected chi connectivity index (χ4v) is 1.66. The molecule has 0 spiro atoms. The van der Waals surface area contributed by atoms with Crippen LogP contribution in [0.2, 0.25) is 0 Å². The molecule has 0 radical (unpaired) electrons. The maximum Gasteiger partial charge on any atom is 0.407 e. The zero-order valence-corrected chi connectivity index (χ0v) is 13.0. The molecule has 1 N–H and O–H groups in total. The average Bonchev–Trinajstić information content (AvgIpc) is 2.36. The summed E-state index contributed by atoms with van der Waals surface area (Å²) in [7, 11) is 0. The monoisotopic (exact) mass is 293 g/mol. The second-order valence-electron chi connectivity index (χ2n) is 5.72. The van der Waals surface area contributed by atoms with Gasteiger partial charge in [0.25, 0.3) is 0 Å². The first kappa shape index (κ1) is 16.9. The van der Waals surface area contributed by atoms with E-state index >= 15 is 0 Å². The third-order valence-corrected chi connectivity index (χ3v) is 2.62. The van der Waals surface area contributed by atoms with Crippen LogP contribution in [0, 0.1) is 0 Å². The Kier molecular flexibility index (Phi) is 6.14. The molecule has 1 heterocycles. The van der Waals surface area contributed by atoms with E-state index < -0.39 is 11.7 Å². The number of ether oxygens (including phenoxy) is 1. The molecule has 6 nitrogen and oxygen atoms in total. The maximum atomic E-state index is 11.6. The van der Waals surface area contributed by atoms with Crippen LogP contribution in [0.5, 0.6) is 0 Å². The molecular formula is C15H23N3O3. The Morgan fingerprint density at radius 2 is 1.90 bits per heavy atom. The number of rotatable bonds is 5. The number of pyridine rings is 1. The highest BCUT2D eigenvalue weighted by atomic mass is 16.6. The number of carbonyl (C=O) groups excluding carboxylic acids is 2. The Morgan fingerprint density at radius 3 is 2.43 bits per heavy atom. The first-order valence-electron chi connectivity index (χ1n) is 6.89. The van der Waals surface area contributed by atoms with Crippen molar-refractivity contribution in [2.75, 3.05) is 13.1 Å². The van der Waals surface area contributed by atoms with Crippen molar-refractivity contribution in [3.63, 3.8) is 0 Å². The lowest BCUT2D eigenvalue weighted by atomic mass is 10.2. The van der Waals surface area contributed by atoms with E-state index in [0.29, 0.717) is 19.6 Å². The minimum Gasteiger partial charge on any atom is -0.444 e. The van der Waals surface area contributed by atoms with E-state index in [1.54, 1.807) is 38.1 Å². The van der Waals surface area contributed by atoms with Crippen molar-refractivity contribution in [2.45, 2.75) is 39.8 Å². The van der Waals surface area contributed by atoms with Crippen LogP contribution in [0.25, 0.3) is 0 Å². The lowest BCUT2D eigenvalue weighted by molar-refractivity contribution is -0.129. The summed E-state index contributed by atoms with van der Waals surface area (Å²) in [5, 5.41) is 2.64. The summed E-state index contributed by atoms with van der Waals surface area (Å²) in [6, 6.07) is 3.72. The SMILES string of the molecule is CC(=O)N(CCNC(=O)OC(C)(C)C)Cc1ccncc1. The van der Waals surface area contributed by atoms with E-state index in [1.165, 1.54) is 6.92 Å². The Morgan fingerprint density at radius 1 is 1.29 bits per heavy atom. The smallest absolute Gasteiger partial charge is 0.407 e. The van der Waals surface area contributed by atoms with Crippen molar-refractivity contribution < 1.29 is 14.3 Å². The highest BCUT2D eigenvalue weighted by Gasteiger charge is 2.16. The second kappa shape index (κ2) is 7.61. The number of hydrogen-bond donors (Lipinski definition) is 1. The summed E-state index contributed by atoms with van der Waals surface area (Å²) >= 11 is 0. The number of carbonyl (C=O) groups is 2. The Labute approximate surface area is 125 Å². The lowest BCUT2D eigenvalue weighted by Crippen LogP contribution is -2.39. The number of hydrogen-bond acceptors (Lipinski definition) is 4. The molecule has 0 aliphatic carbocycles. The van der Waals surface area contributed by atoms with Crippen LogP contribution in [0.15, 0.2) is 24.5 Å². The molecule has 0 fully saturated rings. The van der Waals surface area contributed by atoms with Crippen LogP contribution < -0.4 is 5.32 Å². The molecule has 0 saturated carbocycles. The van der Waals surface area contributed by atoms with Crippen LogP contribution in [-0.4, -0.2) is 40.6 Å². The van der Waals surface area contributed by atoms with Crippen LogP contribution in [0.1, 0.15) is 33.3 Å². The molecule has 0 aliphatic heterocycles. The summed E-state index contributed by atoms with van der Waals surface area (Å²) in [5.41, 5.74) is 0.471. The molecule has 1 aromatic heterocycles. The van der Waals surface area contributed by atoms with E-state index in [-0.39, 0.29) is 5.91 Å². The van der Waals surface area contributed by atoms with Gasteiger partial charge in [0, 0.05) is 39.0 Å². The van der Waals surface area contributed by atoms with Gasteiger partial charge in [-0.3, -0.25) is 9.78 Å². The highest BCUT2D eigenvalue weighted by molar-refractivity contribution is 5.73. The number of aromatic nitrogens is 1. The van der Waals surface area contributed by atoms with Gasteiger partial charge in [-0.05, 0) is 38.5 Å². The first-order valence-corrected chi connectivity index (χ1v) is 6.89. The summed E-state index contributed by atoms with van der Waals surface area (Å²) < 4.78 is 5.14. The number of amides is 2. The average molecular weight is 293 g/mol.